The Labute approximate surface area is 151 Å². The van der Waals surface area contributed by atoms with Gasteiger partial charge >= 0.3 is 0 Å². The minimum absolute atomic E-state index is 0.123. The first-order valence-electron chi connectivity index (χ1n) is 8.39. The van der Waals surface area contributed by atoms with Gasteiger partial charge < -0.3 is 24.5 Å². The number of pyridine rings is 1. The molecule has 6 nitrogen and oxygen atoms in total. The van der Waals surface area contributed by atoms with Crippen molar-refractivity contribution in [2.24, 2.45) is 0 Å². The molecule has 0 amide bonds. The summed E-state index contributed by atoms with van der Waals surface area (Å²) in [5, 5.41) is 4.17. The van der Waals surface area contributed by atoms with Gasteiger partial charge in [-0.15, -0.1) is 0 Å². The Hall–Kier alpha value is -3.15. The van der Waals surface area contributed by atoms with Gasteiger partial charge in [-0.3, -0.25) is 4.79 Å². The molecule has 0 fully saturated rings. The summed E-state index contributed by atoms with van der Waals surface area (Å²) in [6.45, 7) is 2.90. The number of fused-ring (bicyclic) bond motifs is 1. The molecule has 136 valence electrons. The maximum atomic E-state index is 12.3. The third-order valence-electron chi connectivity index (χ3n) is 4.08. The van der Waals surface area contributed by atoms with E-state index in [1.807, 2.05) is 43.3 Å². The zero-order chi connectivity index (χ0) is 18.5. The minimum atomic E-state index is -0.123. The second-order valence-electron chi connectivity index (χ2n) is 5.73. The molecule has 0 radical (unpaired) electrons. The van der Waals surface area contributed by atoms with Gasteiger partial charge in [0.25, 0.3) is 5.56 Å². The second kappa shape index (κ2) is 7.82. The maximum absolute atomic E-state index is 12.3. The molecular weight excluding hydrogens is 332 g/mol. The molecule has 0 spiro atoms. The molecule has 3 rings (SSSR count). The van der Waals surface area contributed by atoms with Crippen LogP contribution in [0.1, 0.15) is 12.5 Å². The molecule has 0 saturated carbocycles. The molecule has 26 heavy (non-hydrogen) atoms. The summed E-state index contributed by atoms with van der Waals surface area (Å²) in [5.74, 6) is 2.14. The van der Waals surface area contributed by atoms with E-state index in [0.717, 1.165) is 22.3 Å². The molecular formula is C20H22N2O4. The Morgan fingerprint density at radius 1 is 1.00 bits per heavy atom. The van der Waals surface area contributed by atoms with Crippen molar-refractivity contribution in [3.05, 3.63) is 58.4 Å². The average Bonchev–Trinajstić information content (AvgIpc) is 2.66. The zero-order valence-corrected chi connectivity index (χ0v) is 15.1. The Kier molecular flexibility index (Phi) is 5.31. The van der Waals surface area contributed by atoms with Crippen LogP contribution in [0.3, 0.4) is 0 Å². The Balaban J connectivity index is 1.86. The number of nitrogens with one attached hydrogen (secondary N) is 2. The lowest BCUT2D eigenvalue weighted by molar-refractivity contribution is 0.340. The van der Waals surface area contributed by atoms with Crippen molar-refractivity contribution >= 4 is 16.6 Å². The van der Waals surface area contributed by atoms with Gasteiger partial charge in [0.15, 0.2) is 0 Å². The van der Waals surface area contributed by atoms with Crippen molar-refractivity contribution in [2.75, 3.05) is 26.1 Å². The highest BCUT2D eigenvalue weighted by molar-refractivity contribution is 5.80. The van der Waals surface area contributed by atoms with E-state index in [9.17, 15) is 4.79 Å². The van der Waals surface area contributed by atoms with Crippen LogP contribution in [0.4, 0.5) is 5.69 Å². The molecule has 0 saturated heterocycles. The van der Waals surface area contributed by atoms with Gasteiger partial charge in [-0.1, -0.05) is 0 Å². The fourth-order valence-electron chi connectivity index (χ4n) is 2.75. The van der Waals surface area contributed by atoms with Crippen LogP contribution in [0.25, 0.3) is 10.9 Å². The Morgan fingerprint density at radius 3 is 2.54 bits per heavy atom. The minimum Gasteiger partial charge on any atom is -0.497 e. The van der Waals surface area contributed by atoms with E-state index in [-0.39, 0.29) is 5.56 Å². The number of hydrogen-bond acceptors (Lipinski definition) is 5. The molecule has 0 bridgehead atoms. The summed E-state index contributed by atoms with van der Waals surface area (Å²) in [5.41, 5.74) is 2.07. The van der Waals surface area contributed by atoms with Gasteiger partial charge in [0, 0.05) is 29.1 Å². The standard InChI is InChI=1S/C20H22N2O4/c1-4-26-16-6-7-17-13(10-16)9-14(20(23)22-17)12-21-18-8-5-15(24-2)11-19(18)25-3/h5-11,21H,4,12H2,1-3H3,(H,22,23). The van der Waals surface area contributed by atoms with E-state index < -0.39 is 0 Å². The van der Waals surface area contributed by atoms with Crippen molar-refractivity contribution in [3.63, 3.8) is 0 Å². The topological polar surface area (TPSA) is 72.6 Å². The van der Waals surface area contributed by atoms with E-state index in [4.69, 9.17) is 14.2 Å². The molecule has 1 aromatic heterocycles. The fraction of sp³-hybridized carbons (Fsp3) is 0.250. The van der Waals surface area contributed by atoms with Gasteiger partial charge in [0.1, 0.15) is 17.2 Å². The number of hydrogen-bond donors (Lipinski definition) is 2. The number of benzene rings is 2. The summed E-state index contributed by atoms with van der Waals surface area (Å²) in [6, 6.07) is 13.0. The molecule has 0 atom stereocenters. The van der Waals surface area contributed by atoms with Gasteiger partial charge in [0.05, 0.1) is 26.5 Å². The van der Waals surface area contributed by atoms with Crippen LogP contribution < -0.4 is 25.1 Å². The first-order chi connectivity index (χ1) is 12.6. The van der Waals surface area contributed by atoms with Crippen molar-refractivity contribution in [2.45, 2.75) is 13.5 Å². The summed E-state index contributed by atoms with van der Waals surface area (Å²) in [4.78, 5) is 15.3. The van der Waals surface area contributed by atoms with Gasteiger partial charge in [-0.25, -0.2) is 0 Å². The van der Waals surface area contributed by atoms with Crippen LogP contribution >= 0.6 is 0 Å². The van der Waals surface area contributed by atoms with Crippen molar-refractivity contribution in [3.8, 4) is 17.2 Å². The number of H-pyrrole nitrogens is 1. The molecule has 6 heteroatoms. The van der Waals surface area contributed by atoms with Crippen LogP contribution in [0.5, 0.6) is 17.2 Å². The Morgan fingerprint density at radius 2 is 1.81 bits per heavy atom. The van der Waals surface area contributed by atoms with Gasteiger partial charge in [-0.2, -0.15) is 0 Å². The number of methoxy groups -OCH3 is 2. The van der Waals surface area contributed by atoms with Gasteiger partial charge in [-0.05, 0) is 43.3 Å². The number of aromatic amines is 1. The van der Waals surface area contributed by atoms with Crippen LogP contribution in [0, 0.1) is 0 Å². The summed E-state index contributed by atoms with van der Waals surface area (Å²) >= 11 is 0. The zero-order valence-electron chi connectivity index (χ0n) is 15.1. The lowest BCUT2D eigenvalue weighted by Crippen LogP contribution is -2.15. The van der Waals surface area contributed by atoms with Crippen molar-refractivity contribution < 1.29 is 14.2 Å². The van der Waals surface area contributed by atoms with Crippen LogP contribution in [-0.2, 0) is 6.54 Å². The number of rotatable bonds is 7. The van der Waals surface area contributed by atoms with Gasteiger partial charge in [0.2, 0.25) is 0 Å². The highest BCUT2D eigenvalue weighted by atomic mass is 16.5. The van der Waals surface area contributed by atoms with E-state index in [0.29, 0.717) is 30.2 Å². The molecule has 2 N–H and O–H groups in total. The molecule has 1 heterocycles. The normalized spacial score (nSPS) is 10.6. The number of anilines is 1. The third-order valence-corrected chi connectivity index (χ3v) is 4.08. The predicted octanol–water partition coefficient (Wildman–Crippen LogP) is 3.56. The molecule has 3 aromatic rings. The number of ether oxygens (including phenoxy) is 3. The summed E-state index contributed by atoms with van der Waals surface area (Å²) < 4.78 is 16.1. The SMILES string of the molecule is CCOc1ccc2[nH]c(=O)c(CNc3ccc(OC)cc3OC)cc2c1. The van der Waals surface area contributed by atoms with Crippen molar-refractivity contribution in [1.82, 2.24) is 4.98 Å². The predicted molar refractivity (Wildman–Crippen MR) is 103 cm³/mol. The first-order valence-corrected chi connectivity index (χ1v) is 8.39. The molecule has 0 aliphatic heterocycles. The van der Waals surface area contributed by atoms with Crippen LogP contribution in [0.2, 0.25) is 0 Å². The number of aromatic nitrogens is 1. The third kappa shape index (κ3) is 3.74. The molecule has 0 aliphatic carbocycles. The highest BCUT2D eigenvalue weighted by Crippen LogP contribution is 2.29. The van der Waals surface area contributed by atoms with E-state index >= 15 is 0 Å². The lowest BCUT2D eigenvalue weighted by Gasteiger charge is -2.12. The second-order valence-corrected chi connectivity index (χ2v) is 5.73. The smallest absolute Gasteiger partial charge is 0.253 e. The van der Waals surface area contributed by atoms with Crippen molar-refractivity contribution in [1.29, 1.82) is 0 Å². The summed E-state index contributed by atoms with van der Waals surface area (Å²) in [7, 11) is 3.20. The molecule has 0 unspecified atom stereocenters. The van der Waals surface area contributed by atoms with E-state index in [2.05, 4.69) is 10.3 Å². The lowest BCUT2D eigenvalue weighted by atomic mass is 10.1. The first kappa shape index (κ1) is 17.7. The monoisotopic (exact) mass is 354 g/mol. The largest absolute Gasteiger partial charge is 0.497 e. The molecule has 2 aromatic carbocycles. The average molecular weight is 354 g/mol. The summed E-state index contributed by atoms with van der Waals surface area (Å²) in [6.07, 6.45) is 0. The van der Waals surface area contributed by atoms with Crippen LogP contribution in [-0.4, -0.2) is 25.8 Å². The van der Waals surface area contributed by atoms with E-state index in [1.165, 1.54) is 0 Å². The van der Waals surface area contributed by atoms with E-state index in [1.54, 1.807) is 20.3 Å². The molecule has 0 aliphatic rings. The maximum Gasteiger partial charge on any atom is 0.253 e. The Bertz CT molecular complexity index is 966. The fourth-order valence-corrected chi connectivity index (χ4v) is 2.75. The quantitative estimate of drug-likeness (QED) is 0.679. The highest BCUT2D eigenvalue weighted by Gasteiger charge is 2.08. The van der Waals surface area contributed by atoms with Crippen LogP contribution in [0.15, 0.2) is 47.3 Å².